The molecule has 0 saturated carbocycles. The molecule has 1 saturated heterocycles. The summed E-state index contributed by atoms with van der Waals surface area (Å²) in [6.07, 6.45) is 0.123. The van der Waals surface area contributed by atoms with Crippen LogP contribution in [0.4, 0.5) is 10.1 Å². The van der Waals surface area contributed by atoms with Gasteiger partial charge in [0, 0.05) is 17.6 Å². The quantitative estimate of drug-likeness (QED) is 0.681. The summed E-state index contributed by atoms with van der Waals surface area (Å²) >= 11 is 6.81. The predicted molar refractivity (Wildman–Crippen MR) is 107 cm³/mol. The van der Waals surface area contributed by atoms with E-state index < -0.39 is 40.0 Å². The minimum absolute atomic E-state index is 0.123. The molecule has 12 heteroatoms. The zero-order valence-electron chi connectivity index (χ0n) is 15.3. The van der Waals surface area contributed by atoms with Crippen molar-refractivity contribution in [2.75, 3.05) is 19.5 Å². The fourth-order valence-electron chi connectivity index (χ4n) is 2.85. The van der Waals surface area contributed by atoms with Crippen LogP contribution in [0.3, 0.4) is 0 Å². The van der Waals surface area contributed by atoms with E-state index in [4.69, 9.17) is 11.6 Å². The lowest BCUT2D eigenvalue weighted by molar-refractivity contribution is -0.120. The van der Waals surface area contributed by atoms with E-state index in [0.717, 1.165) is 21.7 Å². The number of benzene rings is 1. The summed E-state index contributed by atoms with van der Waals surface area (Å²) in [7, 11) is -1.41. The average Bonchev–Trinajstić information content (AvgIpc) is 3.16. The number of carbonyl (C=O) groups is 2. The van der Waals surface area contributed by atoms with Crippen LogP contribution in [-0.2, 0) is 19.7 Å². The highest BCUT2D eigenvalue weighted by atomic mass is 35.5. The number of halogens is 2. The second-order valence-corrected chi connectivity index (χ2v) is 9.54. The van der Waals surface area contributed by atoms with Crippen LogP contribution in [-0.4, -0.2) is 44.8 Å². The van der Waals surface area contributed by atoms with Crippen molar-refractivity contribution in [3.05, 3.63) is 50.9 Å². The number of thiophene rings is 1. The van der Waals surface area contributed by atoms with Gasteiger partial charge < -0.3 is 10.1 Å². The van der Waals surface area contributed by atoms with Gasteiger partial charge in [-0.1, -0.05) is 11.6 Å². The third-order valence-electron chi connectivity index (χ3n) is 4.41. The Bertz CT molecular complexity index is 1060. The minimum Gasteiger partial charge on any atom is -0.465 e. The van der Waals surface area contributed by atoms with Crippen molar-refractivity contribution < 1.29 is 27.1 Å². The van der Waals surface area contributed by atoms with Gasteiger partial charge in [0.1, 0.15) is 16.7 Å². The Balaban J connectivity index is 1.83. The van der Waals surface area contributed by atoms with Crippen molar-refractivity contribution in [3.8, 4) is 0 Å². The van der Waals surface area contributed by atoms with E-state index in [-0.39, 0.29) is 17.1 Å². The third kappa shape index (κ3) is 4.59. The summed E-state index contributed by atoms with van der Waals surface area (Å²) < 4.78 is 46.4. The van der Waals surface area contributed by atoms with Gasteiger partial charge in [-0.05, 0) is 36.8 Å². The van der Waals surface area contributed by atoms with Crippen molar-refractivity contribution in [3.63, 3.8) is 0 Å². The maximum Gasteiger partial charge on any atom is 0.348 e. The summed E-state index contributed by atoms with van der Waals surface area (Å²) in [6.45, 7) is 0. The molecule has 2 N–H and O–H groups in total. The third-order valence-corrected chi connectivity index (χ3v) is 7.48. The number of likely N-dealkylation sites (N-methyl/N-ethyl adjacent to an activating group) is 1. The van der Waals surface area contributed by atoms with Crippen molar-refractivity contribution in [2.24, 2.45) is 0 Å². The SMILES string of the molecule is COC(=O)c1ccc(C2CC(C(=O)Nc3ccc(F)c(Cl)c3)N(C)S(=O)(=O)N2)s1. The Morgan fingerprint density at radius 2 is 2.07 bits per heavy atom. The molecule has 8 nitrogen and oxygen atoms in total. The first-order valence-corrected chi connectivity index (χ1v) is 10.9. The summed E-state index contributed by atoms with van der Waals surface area (Å²) in [4.78, 5) is 25.3. The van der Waals surface area contributed by atoms with Gasteiger partial charge in [0.05, 0.1) is 18.2 Å². The van der Waals surface area contributed by atoms with Gasteiger partial charge in [0.25, 0.3) is 10.2 Å². The fraction of sp³-hybridized carbons (Fsp3) is 0.294. The van der Waals surface area contributed by atoms with E-state index in [1.807, 2.05) is 0 Å². The molecule has 0 bridgehead atoms. The smallest absolute Gasteiger partial charge is 0.348 e. The van der Waals surface area contributed by atoms with Gasteiger partial charge in [-0.3, -0.25) is 4.79 Å². The van der Waals surface area contributed by atoms with E-state index in [1.165, 1.54) is 32.4 Å². The van der Waals surface area contributed by atoms with Gasteiger partial charge in [-0.2, -0.15) is 17.4 Å². The first-order valence-electron chi connectivity index (χ1n) is 8.31. The molecule has 3 rings (SSSR count). The largest absolute Gasteiger partial charge is 0.465 e. The zero-order chi connectivity index (χ0) is 21.3. The molecule has 1 aliphatic rings. The Morgan fingerprint density at radius 1 is 1.34 bits per heavy atom. The number of methoxy groups -OCH3 is 1. The predicted octanol–water partition coefficient (Wildman–Crippen LogP) is 2.55. The van der Waals surface area contributed by atoms with Crippen LogP contribution in [0.1, 0.15) is 27.0 Å². The molecule has 29 heavy (non-hydrogen) atoms. The molecule has 1 fully saturated rings. The Hall–Kier alpha value is -2.05. The van der Waals surface area contributed by atoms with Crippen LogP contribution in [0.15, 0.2) is 30.3 Å². The summed E-state index contributed by atoms with van der Waals surface area (Å²) in [6, 6.07) is 5.09. The number of anilines is 1. The fourth-order valence-corrected chi connectivity index (χ4v) is 5.36. The number of esters is 1. The minimum atomic E-state index is -3.95. The van der Waals surface area contributed by atoms with Crippen LogP contribution >= 0.6 is 22.9 Å². The molecule has 1 aromatic heterocycles. The highest BCUT2D eigenvalue weighted by Gasteiger charge is 2.41. The molecule has 1 aromatic carbocycles. The van der Waals surface area contributed by atoms with Crippen molar-refractivity contribution in [2.45, 2.75) is 18.5 Å². The molecule has 2 heterocycles. The van der Waals surface area contributed by atoms with Crippen molar-refractivity contribution in [1.82, 2.24) is 9.03 Å². The molecule has 2 aromatic rings. The maximum atomic E-state index is 13.3. The van der Waals surface area contributed by atoms with E-state index in [0.29, 0.717) is 9.75 Å². The first kappa shape index (κ1) is 21.7. The summed E-state index contributed by atoms with van der Waals surface area (Å²) in [5.74, 6) is -1.75. The molecule has 2 atom stereocenters. The molecular formula is C17H17ClFN3O5S2. The summed E-state index contributed by atoms with van der Waals surface area (Å²) in [5.41, 5.74) is 0.242. The van der Waals surface area contributed by atoms with Gasteiger partial charge in [-0.25, -0.2) is 9.18 Å². The second kappa shape index (κ2) is 8.36. The maximum absolute atomic E-state index is 13.3. The van der Waals surface area contributed by atoms with E-state index in [2.05, 4.69) is 14.8 Å². The number of rotatable bonds is 4. The van der Waals surface area contributed by atoms with E-state index >= 15 is 0 Å². The van der Waals surface area contributed by atoms with Crippen LogP contribution in [0.5, 0.6) is 0 Å². The number of hydrogen-bond donors (Lipinski definition) is 2. The molecule has 0 spiro atoms. The normalized spacial score (nSPS) is 21.5. The zero-order valence-corrected chi connectivity index (χ0v) is 17.7. The van der Waals surface area contributed by atoms with E-state index in [9.17, 15) is 22.4 Å². The molecule has 1 aliphatic heterocycles. The Labute approximate surface area is 175 Å². The van der Waals surface area contributed by atoms with E-state index in [1.54, 1.807) is 6.07 Å². The van der Waals surface area contributed by atoms with Gasteiger partial charge in [-0.15, -0.1) is 11.3 Å². The number of nitrogens with zero attached hydrogens (tertiary/aromatic N) is 1. The monoisotopic (exact) mass is 461 g/mol. The van der Waals surface area contributed by atoms with Crippen molar-refractivity contribution in [1.29, 1.82) is 0 Å². The molecular weight excluding hydrogens is 445 g/mol. The highest BCUT2D eigenvalue weighted by molar-refractivity contribution is 7.87. The topological polar surface area (TPSA) is 105 Å². The molecule has 2 unspecified atom stereocenters. The van der Waals surface area contributed by atoms with Crippen LogP contribution in [0.2, 0.25) is 5.02 Å². The van der Waals surface area contributed by atoms with Crippen LogP contribution < -0.4 is 10.0 Å². The molecule has 156 valence electrons. The first-order chi connectivity index (χ1) is 13.6. The lowest BCUT2D eigenvalue weighted by Gasteiger charge is -2.35. The number of hydrogen-bond acceptors (Lipinski definition) is 6. The lowest BCUT2D eigenvalue weighted by Crippen LogP contribution is -2.55. The molecule has 0 radical (unpaired) electrons. The Morgan fingerprint density at radius 3 is 2.72 bits per heavy atom. The van der Waals surface area contributed by atoms with Gasteiger partial charge in [0.2, 0.25) is 5.91 Å². The number of carbonyl (C=O) groups excluding carboxylic acids is 2. The summed E-state index contributed by atoms with van der Waals surface area (Å²) in [5, 5.41) is 2.39. The van der Waals surface area contributed by atoms with Crippen molar-refractivity contribution >= 4 is 50.7 Å². The molecule has 1 amide bonds. The second-order valence-electron chi connectivity index (χ2n) is 6.25. The number of ether oxygens (including phenoxy) is 1. The standard InChI is InChI=1S/C17H17ClFN3O5S2/c1-22-13(16(23)20-9-3-4-11(19)10(18)7-9)8-12(21-29(22,25)26)14-5-6-15(28-14)17(24)27-2/h3-7,12-13,21H,8H2,1-2H3,(H,20,23). The lowest BCUT2D eigenvalue weighted by atomic mass is 10.1. The number of nitrogens with one attached hydrogen (secondary N) is 2. The molecule has 0 aliphatic carbocycles. The van der Waals surface area contributed by atoms with Crippen LogP contribution in [0.25, 0.3) is 0 Å². The van der Waals surface area contributed by atoms with Gasteiger partial charge >= 0.3 is 5.97 Å². The Kier molecular flexibility index (Phi) is 6.24. The average molecular weight is 462 g/mol. The number of amides is 1. The highest BCUT2D eigenvalue weighted by Crippen LogP contribution is 2.33. The van der Waals surface area contributed by atoms with Crippen LogP contribution in [0, 0.1) is 5.82 Å². The van der Waals surface area contributed by atoms with Gasteiger partial charge in [0.15, 0.2) is 0 Å².